The molecule has 3 aromatic heterocycles. The maximum absolute atomic E-state index is 13.1. The summed E-state index contributed by atoms with van der Waals surface area (Å²) in [5.74, 6) is 1.36. The van der Waals surface area contributed by atoms with Crippen LogP contribution in [0.5, 0.6) is 0 Å². The summed E-state index contributed by atoms with van der Waals surface area (Å²) in [7, 11) is 3.64. The van der Waals surface area contributed by atoms with E-state index in [-0.39, 0.29) is 29.1 Å². The molecule has 3 saturated heterocycles. The van der Waals surface area contributed by atoms with Crippen LogP contribution in [0.2, 0.25) is 0 Å². The van der Waals surface area contributed by atoms with Crippen LogP contribution in [0.15, 0.2) is 29.3 Å². The predicted octanol–water partition coefficient (Wildman–Crippen LogP) is 2.01. The van der Waals surface area contributed by atoms with Gasteiger partial charge in [-0.1, -0.05) is 20.8 Å². The van der Waals surface area contributed by atoms with Crippen LogP contribution in [0.4, 0.5) is 5.82 Å². The van der Waals surface area contributed by atoms with Gasteiger partial charge in [0, 0.05) is 58.2 Å². The first-order valence-electron chi connectivity index (χ1n) is 11.3. The number of rotatable bonds is 3. The SMILES string of the molecule is Cn1ccnc1C(=O)N1CC2CCC1CN2c1ccc2c(n1)n(C)c(=O)n2CC(C)(C)C. The van der Waals surface area contributed by atoms with Crippen molar-refractivity contribution >= 4 is 22.9 Å². The summed E-state index contributed by atoms with van der Waals surface area (Å²) < 4.78 is 5.24. The molecule has 0 radical (unpaired) electrons. The number of pyridine rings is 1. The molecular weight excluding hydrogens is 406 g/mol. The topological polar surface area (TPSA) is 81.2 Å². The lowest BCUT2D eigenvalue weighted by atomic mass is 9.90. The predicted molar refractivity (Wildman–Crippen MR) is 123 cm³/mol. The molecule has 0 N–H and O–H groups in total. The van der Waals surface area contributed by atoms with E-state index in [0.717, 1.165) is 30.7 Å². The lowest BCUT2D eigenvalue weighted by molar-refractivity contribution is 0.0488. The smallest absolute Gasteiger partial charge is 0.330 e. The minimum absolute atomic E-state index is 0.00286. The van der Waals surface area contributed by atoms with Crippen molar-refractivity contribution < 1.29 is 4.79 Å². The van der Waals surface area contributed by atoms with Crippen LogP contribution in [0.1, 0.15) is 44.2 Å². The third-order valence-corrected chi connectivity index (χ3v) is 6.70. The molecular formula is C23H31N7O2. The molecule has 9 nitrogen and oxygen atoms in total. The minimum atomic E-state index is -0.0356. The zero-order valence-electron chi connectivity index (χ0n) is 19.4. The zero-order chi connectivity index (χ0) is 22.8. The average molecular weight is 438 g/mol. The number of piperazine rings is 1. The van der Waals surface area contributed by atoms with Gasteiger partial charge in [-0.2, -0.15) is 0 Å². The molecule has 3 aromatic rings. The standard InChI is InChI=1S/C23H31N7O2/c1-23(2,3)14-30-17-8-9-18(25-19(17)27(5)22(30)32)28-12-16-7-6-15(28)13-29(16)21(31)20-24-10-11-26(20)4/h8-11,15-16H,6-7,12-14H2,1-5H3. The van der Waals surface area contributed by atoms with E-state index in [0.29, 0.717) is 24.6 Å². The second-order valence-electron chi connectivity index (χ2n) is 10.4. The van der Waals surface area contributed by atoms with Crippen molar-refractivity contribution in [1.82, 2.24) is 28.6 Å². The molecule has 6 rings (SSSR count). The fourth-order valence-corrected chi connectivity index (χ4v) is 5.11. The van der Waals surface area contributed by atoms with Gasteiger partial charge in [0.15, 0.2) is 11.5 Å². The van der Waals surface area contributed by atoms with E-state index < -0.39 is 0 Å². The van der Waals surface area contributed by atoms with Crippen molar-refractivity contribution in [2.24, 2.45) is 19.5 Å². The lowest BCUT2D eigenvalue weighted by Gasteiger charge is -2.51. The number of fused-ring (bicyclic) bond motifs is 4. The van der Waals surface area contributed by atoms with Crippen LogP contribution in [0.25, 0.3) is 11.2 Å². The normalized spacial score (nSPS) is 21.0. The Bertz CT molecular complexity index is 1250. The Balaban J connectivity index is 1.43. The molecule has 9 heteroatoms. The summed E-state index contributed by atoms with van der Waals surface area (Å²) >= 11 is 0. The highest BCUT2D eigenvalue weighted by atomic mass is 16.2. The molecule has 3 aliphatic rings. The molecule has 6 heterocycles. The Morgan fingerprint density at radius 3 is 2.50 bits per heavy atom. The van der Waals surface area contributed by atoms with Crippen LogP contribution in [0, 0.1) is 5.41 Å². The summed E-state index contributed by atoms with van der Waals surface area (Å²) in [5, 5.41) is 0. The first-order valence-corrected chi connectivity index (χ1v) is 11.3. The Morgan fingerprint density at radius 1 is 1.12 bits per heavy atom. The molecule has 0 spiro atoms. The van der Waals surface area contributed by atoms with Gasteiger partial charge >= 0.3 is 5.69 Å². The monoisotopic (exact) mass is 437 g/mol. The average Bonchev–Trinajstić information content (AvgIpc) is 3.29. The molecule has 0 aromatic carbocycles. The molecule has 3 fully saturated rings. The van der Waals surface area contributed by atoms with Gasteiger partial charge in [0.1, 0.15) is 5.82 Å². The molecule has 2 unspecified atom stereocenters. The lowest BCUT2D eigenvalue weighted by Crippen LogP contribution is -2.64. The minimum Gasteiger partial charge on any atom is -0.350 e. The van der Waals surface area contributed by atoms with Gasteiger partial charge in [0.25, 0.3) is 5.91 Å². The van der Waals surface area contributed by atoms with Crippen molar-refractivity contribution in [2.75, 3.05) is 18.0 Å². The van der Waals surface area contributed by atoms with E-state index in [1.165, 1.54) is 0 Å². The zero-order valence-corrected chi connectivity index (χ0v) is 19.4. The fourth-order valence-electron chi connectivity index (χ4n) is 5.11. The van der Waals surface area contributed by atoms with Gasteiger partial charge < -0.3 is 14.4 Å². The fraction of sp³-hybridized carbons (Fsp3) is 0.565. The molecule has 32 heavy (non-hydrogen) atoms. The Kier molecular flexibility index (Phi) is 4.69. The first-order chi connectivity index (χ1) is 15.1. The van der Waals surface area contributed by atoms with Gasteiger partial charge in [-0.05, 0) is 30.4 Å². The van der Waals surface area contributed by atoms with Gasteiger partial charge in [0.2, 0.25) is 0 Å². The van der Waals surface area contributed by atoms with E-state index in [1.54, 1.807) is 28.6 Å². The number of carbonyl (C=O) groups excluding carboxylic acids is 1. The van der Waals surface area contributed by atoms with E-state index in [2.05, 4.69) is 30.7 Å². The highest BCUT2D eigenvalue weighted by molar-refractivity contribution is 5.91. The first kappa shape index (κ1) is 20.8. The van der Waals surface area contributed by atoms with E-state index in [9.17, 15) is 9.59 Å². The number of anilines is 1. The number of hydrogen-bond donors (Lipinski definition) is 0. The highest BCUT2D eigenvalue weighted by Gasteiger charge is 2.42. The van der Waals surface area contributed by atoms with Gasteiger partial charge in [-0.3, -0.25) is 13.9 Å². The van der Waals surface area contributed by atoms with E-state index in [4.69, 9.17) is 4.98 Å². The summed E-state index contributed by atoms with van der Waals surface area (Å²) in [6.45, 7) is 8.44. The van der Waals surface area contributed by atoms with Crippen LogP contribution in [-0.2, 0) is 20.6 Å². The molecule has 2 bridgehead atoms. The third kappa shape index (κ3) is 3.30. The number of imidazole rings is 2. The van der Waals surface area contributed by atoms with Gasteiger partial charge in [0.05, 0.1) is 5.52 Å². The maximum Gasteiger partial charge on any atom is 0.330 e. The van der Waals surface area contributed by atoms with Crippen molar-refractivity contribution in [3.8, 4) is 0 Å². The summed E-state index contributed by atoms with van der Waals surface area (Å²) in [4.78, 5) is 39.3. The van der Waals surface area contributed by atoms with Crippen LogP contribution < -0.4 is 10.6 Å². The third-order valence-electron chi connectivity index (χ3n) is 6.70. The Hall–Kier alpha value is -3.10. The number of nitrogens with zero attached hydrogens (tertiary/aromatic N) is 7. The van der Waals surface area contributed by atoms with Gasteiger partial charge in [-0.25, -0.2) is 14.8 Å². The van der Waals surface area contributed by atoms with E-state index >= 15 is 0 Å². The quantitative estimate of drug-likeness (QED) is 0.626. The summed E-state index contributed by atoms with van der Waals surface area (Å²) in [5.41, 5.74) is 1.53. The van der Waals surface area contributed by atoms with Crippen LogP contribution >= 0.6 is 0 Å². The van der Waals surface area contributed by atoms with Crippen LogP contribution in [0.3, 0.4) is 0 Å². The van der Waals surface area contributed by atoms with Crippen molar-refractivity contribution in [3.05, 3.63) is 40.8 Å². The molecule has 0 aliphatic carbocycles. The second kappa shape index (κ2) is 7.21. The van der Waals surface area contributed by atoms with Crippen LogP contribution in [-0.4, -0.2) is 59.6 Å². The number of hydrogen-bond acceptors (Lipinski definition) is 5. The van der Waals surface area contributed by atoms with Gasteiger partial charge in [-0.15, -0.1) is 0 Å². The number of carbonyl (C=O) groups is 1. The molecule has 2 atom stereocenters. The Labute approximate surface area is 187 Å². The number of piperidine rings is 2. The number of amides is 1. The largest absolute Gasteiger partial charge is 0.350 e. The maximum atomic E-state index is 13.1. The number of aryl methyl sites for hydroxylation is 2. The number of aromatic nitrogens is 5. The molecule has 3 aliphatic heterocycles. The summed E-state index contributed by atoms with van der Waals surface area (Å²) in [6, 6.07) is 4.38. The highest BCUT2D eigenvalue weighted by Crippen LogP contribution is 2.33. The van der Waals surface area contributed by atoms with Crippen molar-refractivity contribution in [2.45, 2.75) is 52.2 Å². The molecule has 1 amide bonds. The second-order valence-corrected chi connectivity index (χ2v) is 10.4. The molecule has 0 saturated carbocycles. The summed E-state index contributed by atoms with van der Waals surface area (Å²) in [6.07, 6.45) is 5.48. The van der Waals surface area contributed by atoms with Crippen molar-refractivity contribution in [3.63, 3.8) is 0 Å². The van der Waals surface area contributed by atoms with E-state index in [1.807, 2.05) is 28.6 Å². The Morgan fingerprint density at radius 2 is 1.88 bits per heavy atom. The van der Waals surface area contributed by atoms with Crippen molar-refractivity contribution in [1.29, 1.82) is 0 Å². The molecule has 170 valence electrons.